The van der Waals surface area contributed by atoms with Gasteiger partial charge in [0.05, 0.1) is 0 Å². The number of benzene rings is 2. The number of hydrogen-bond donors (Lipinski definition) is 1. The second-order valence-electron chi connectivity index (χ2n) is 3.78. The van der Waals surface area contributed by atoms with Gasteiger partial charge < -0.3 is 4.98 Å². The van der Waals surface area contributed by atoms with Crippen molar-refractivity contribution in [3.8, 4) is 11.3 Å². The Balaban J connectivity index is 2.19. The lowest BCUT2D eigenvalue weighted by Crippen LogP contribution is -1.75. The molecule has 1 aromatic heterocycles. The molecule has 0 saturated heterocycles. The molecule has 0 spiro atoms. The Morgan fingerprint density at radius 3 is 2.50 bits per heavy atom. The minimum absolute atomic E-state index is 1.18. The lowest BCUT2D eigenvalue weighted by atomic mass is 10.1. The molecule has 2 aromatic carbocycles. The van der Waals surface area contributed by atoms with Crippen molar-refractivity contribution in [3.63, 3.8) is 0 Å². The predicted octanol–water partition coefficient (Wildman–Crippen LogP) is 4.44. The fourth-order valence-electron chi connectivity index (χ4n) is 1.87. The Labute approximate surface area is 108 Å². The summed E-state index contributed by atoms with van der Waals surface area (Å²) in [5.74, 6) is 0. The van der Waals surface area contributed by atoms with Crippen LogP contribution in [0.5, 0.6) is 0 Å². The molecule has 1 N–H and O–H groups in total. The molecule has 78 valence electrons. The van der Waals surface area contributed by atoms with Crippen LogP contribution in [-0.4, -0.2) is 4.98 Å². The van der Waals surface area contributed by atoms with Gasteiger partial charge in [0.2, 0.25) is 0 Å². The van der Waals surface area contributed by atoms with Crippen molar-refractivity contribution in [3.05, 3.63) is 58.2 Å². The van der Waals surface area contributed by atoms with E-state index in [1.165, 1.54) is 25.7 Å². The lowest BCUT2D eigenvalue weighted by molar-refractivity contribution is 1.45. The van der Waals surface area contributed by atoms with Crippen molar-refractivity contribution in [1.29, 1.82) is 0 Å². The third kappa shape index (κ3) is 1.73. The molecular weight excluding hydrogens is 309 g/mol. The summed E-state index contributed by atoms with van der Waals surface area (Å²) in [4.78, 5) is 3.45. The quantitative estimate of drug-likeness (QED) is 0.638. The maximum atomic E-state index is 3.45. The molecule has 0 atom stereocenters. The van der Waals surface area contributed by atoms with Gasteiger partial charge >= 0.3 is 0 Å². The molecule has 1 nitrogen and oxygen atoms in total. The van der Waals surface area contributed by atoms with Crippen LogP contribution in [0.15, 0.2) is 54.6 Å². The molecule has 0 unspecified atom stereocenters. The van der Waals surface area contributed by atoms with Crippen LogP contribution in [-0.2, 0) is 0 Å². The Morgan fingerprint density at radius 1 is 0.875 bits per heavy atom. The minimum Gasteiger partial charge on any atom is -0.354 e. The molecule has 0 aliphatic heterocycles. The summed E-state index contributed by atoms with van der Waals surface area (Å²) in [6, 6.07) is 19.0. The van der Waals surface area contributed by atoms with E-state index in [1.807, 2.05) is 6.07 Å². The number of rotatable bonds is 1. The van der Waals surface area contributed by atoms with Crippen LogP contribution >= 0.6 is 22.6 Å². The lowest BCUT2D eigenvalue weighted by Gasteiger charge is -1.95. The second kappa shape index (κ2) is 3.94. The molecule has 0 amide bonds. The highest BCUT2D eigenvalue weighted by Gasteiger charge is 2.02. The van der Waals surface area contributed by atoms with Crippen molar-refractivity contribution in [2.24, 2.45) is 0 Å². The molecule has 16 heavy (non-hydrogen) atoms. The first-order valence-electron chi connectivity index (χ1n) is 5.17. The standard InChI is InChI=1S/C14H10IN/c15-12-7-6-11-8-13(16-14(11)9-12)10-4-2-1-3-5-10/h1-9,16H. The zero-order valence-corrected chi connectivity index (χ0v) is 10.7. The van der Waals surface area contributed by atoms with Crippen LogP contribution in [0.1, 0.15) is 0 Å². The average molecular weight is 319 g/mol. The Morgan fingerprint density at radius 2 is 1.69 bits per heavy atom. The van der Waals surface area contributed by atoms with Crippen LogP contribution in [0.25, 0.3) is 22.2 Å². The Hall–Kier alpha value is -1.29. The normalized spacial score (nSPS) is 10.8. The third-order valence-corrected chi connectivity index (χ3v) is 3.34. The van der Waals surface area contributed by atoms with E-state index in [-0.39, 0.29) is 0 Å². The Kier molecular flexibility index (Phi) is 2.44. The summed E-state index contributed by atoms with van der Waals surface area (Å²) >= 11 is 2.33. The van der Waals surface area contributed by atoms with E-state index in [4.69, 9.17) is 0 Å². The molecule has 0 fully saturated rings. The van der Waals surface area contributed by atoms with Crippen molar-refractivity contribution in [2.75, 3.05) is 0 Å². The molecule has 0 saturated carbocycles. The highest BCUT2D eigenvalue weighted by molar-refractivity contribution is 14.1. The molecule has 3 aromatic rings. The van der Waals surface area contributed by atoms with Crippen LogP contribution in [0.3, 0.4) is 0 Å². The molecule has 0 bridgehead atoms. The summed E-state index contributed by atoms with van der Waals surface area (Å²) in [6.45, 7) is 0. The van der Waals surface area contributed by atoms with E-state index in [2.05, 4.69) is 76.1 Å². The Bertz CT molecular complexity index is 626. The highest BCUT2D eigenvalue weighted by atomic mass is 127. The fourth-order valence-corrected chi connectivity index (χ4v) is 2.36. The molecule has 0 aliphatic rings. The average Bonchev–Trinajstić information content (AvgIpc) is 2.73. The number of aromatic amines is 1. The topological polar surface area (TPSA) is 15.8 Å². The number of hydrogen-bond acceptors (Lipinski definition) is 0. The first-order valence-corrected chi connectivity index (χ1v) is 6.24. The van der Waals surface area contributed by atoms with Crippen molar-refractivity contribution in [1.82, 2.24) is 4.98 Å². The summed E-state index contributed by atoms with van der Waals surface area (Å²) in [7, 11) is 0. The van der Waals surface area contributed by atoms with Gasteiger partial charge in [0.15, 0.2) is 0 Å². The van der Waals surface area contributed by atoms with Crippen LogP contribution in [0, 0.1) is 3.57 Å². The smallest absolute Gasteiger partial charge is 0.0469 e. The highest BCUT2D eigenvalue weighted by Crippen LogP contribution is 2.24. The van der Waals surface area contributed by atoms with E-state index in [1.54, 1.807) is 0 Å². The molecule has 1 heterocycles. The summed E-state index contributed by atoms with van der Waals surface area (Å²) < 4.78 is 1.26. The van der Waals surface area contributed by atoms with Gasteiger partial charge in [-0.15, -0.1) is 0 Å². The first kappa shape index (κ1) is 9.90. The zero-order chi connectivity index (χ0) is 11.0. The van der Waals surface area contributed by atoms with E-state index >= 15 is 0 Å². The maximum absolute atomic E-state index is 3.45. The molecule has 0 radical (unpaired) electrons. The predicted molar refractivity (Wildman–Crippen MR) is 76.5 cm³/mol. The van der Waals surface area contributed by atoms with Gasteiger partial charge in [-0.1, -0.05) is 36.4 Å². The van der Waals surface area contributed by atoms with Gasteiger partial charge in [0.25, 0.3) is 0 Å². The molecule has 3 rings (SSSR count). The number of fused-ring (bicyclic) bond motifs is 1. The third-order valence-electron chi connectivity index (χ3n) is 2.67. The van der Waals surface area contributed by atoms with Crippen LogP contribution in [0.2, 0.25) is 0 Å². The second-order valence-corrected chi connectivity index (χ2v) is 5.03. The van der Waals surface area contributed by atoms with Crippen molar-refractivity contribution < 1.29 is 0 Å². The van der Waals surface area contributed by atoms with Crippen molar-refractivity contribution >= 4 is 33.5 Å². The van der Waals surface area contributed by atoms with Gasteiger partial charge in [-0.3, -0.25) is 0 Å². The zero-order valence-electron chi connectivity index (χ0n) is 8.57. The monoisotopic (exact) mass is 319 g/mol. The summed E-state index contributed by atoms with van der Waals surface area (Å²) in [5.41, 5.74) is 3.61. The molecule has 2 heteroatoms. The van der Waals surface area contributed by atoms with Gasteiger partial charge in [0.1, 0.15) is 0 Å². The number of H-pyrrole nitrogens is 1. The number of halogens is 1. The van der Waals surface area contributed by atoms with Gasteiger partial charge in [0, 0.05) is 20.2 Å². The van der Waals surface area contributed by atoms with E-state index in [0.29, 0.717) is 0 Å². The number of aromatic nitrogens is 1. The SMILES string of the molecule is Ic1ccc2cc(-c3ccccc3)[nH]c2c1. The van der Waals surface area contributed by atoms with Gasteiger partial charge in [-0.25, -0.2) is 0 Å². The molecular formula is C14H10IN. The minimum atomic E-state index is 1.18. The summed E-state index contributed by atoms with van der Waals surface area (Å²) in [6.07, 6.45) is 0. The van der Waals surface area contributed by atoms with Gasteiger partial charge in [-0.05, 0) is 46.4 Å². The van der Waals surface area contributed by atoms with Gasteiger partial charge in [-0.2, -0.15) is 0 Å². The van der Waals surface area contributed by atoms with E-state index in [0.717, 1.165) is 0 Å². The van der Waals surface area contributed by atoms with Crippen molar-refractivity contribution in [2.45, 2.75) is 0 Å². The first-order chi connectivity index (χ1) is 7.83. The number of nitrogens with one attached hydrogen (secondary N) is 1. The van der Waals surface area contributed by atoms with Crippen LogP contribution in [0.4, 0.5) is 0 Å². The van der Waals surface area contributed by atoms with E-state index < -0.39 is 0 Å². The fraction of sp³-hybridized carbons (Fsp3) is 0. The summed E-state index contributed by atoms with van der Waals surface area (Å²) in [5, 5.41) is 1.26. The van der Waals surface area contributed by atoms with Crippen LogP contribution < -0.4 is 0 Å². The van der Waals surface area contributed by atoms with E-state index in [9.17, 15) is 0 Å². The molecule has 0 aliphatic carbocycles. The maximum Gasteiger partial charge on any atom is 0.0469 e. The largest absolute Gasteiger partial charge is 0.354 e.